The zero-order valence-electron chi connectivity index (χ0n) is 27.4. The molecule has 1 aliphatic rings. The van der Waals surface area contributed by atoms with Crippen LogP contribution < -0.4 is 15.5 Å². The predicted molar refractivity (Wildman–Crippen MR) is 172 cm³/mol. The number of carbonyl (C=O) groups is 5. The molecule has 3 atom stereocenters. The lowest BCUT2D eigenvalue weighted by atomic mass is 9.83. The van der Waals surface area contributed by atoms with Gasteiger partial charge in [0.25, 0.3) is 5.91 Å². The van der Waals surface area contributed by atoms with E-state index in [9.17, 15) is 29.2 Å². The standard InChI is InChI=1S/C32H45N5O8.ClH/c1-20(2)17-23(24(29(40)34-43)19-37-30(41)32(3,4)36(7)31(37)42)28(39)33-25(27(38)26-9-8-15-45-26)18-21-10-12-22(13-11-21)44-16-14-35(5)6;/h8-13,15,20,23-25,43H,14,16-19H2,1-7H3,(H,33,39)(H,34,40);1H/t23-,24?,25+;/m1./s1. The molecule has 0 radical (unpaired) electrons. The Hall–Kier alpha value is -3.94. The number of benzene rings is 1. The van der Waals surface area contributed by atoms with Crippen molar-refractivity contribution >= 4 is 41.9 Å². The van der Waals surface area contributed by atoms with Crippen LogP contribution in [0.15, 0.2) is 47.1 Å². The van der Waals surface area contributed by atoms with Crippen molar-refractivity contribution in [2.75, 3.05) is 40.8 Å². The van der Waals surface area contributed by atoms with Gasteiger partial charge in [0.05, 0.1) is 24.1 Å². The monoisotopic (exact) mass is 663 g/mol. The van der Waals surface area contributed by atoms with Gasteiger partial charge in [-0.3, -0.25) is 29.3 Å². The Kier molecular flexibility index (Phi) is 13.8. The number of likely N-dealkylation sites (N-methyl/N-ethyl adjacent to an activating group) is 2. The summed E-state index contributed by atoms with van der Waals surface area (Å²) >= 11 is 0. The van der Waals surface area contributed by atoms with E-state index >= 15 is 0 Å². The number of hydroxylamine groups is 1. The van der Waals surface area contributed by atoms with Crippen LogP contribution in [0, 0.1) is 17.8 Å². The minimum absolute atomic E-state index is 0. The van der Waals surface area contributed by atoms with Gasteiger partial charge in [0.2, 0.25) is 17.6 Å². The summed E-state index contributed by atoms with van der Waals surface area (Å²) in [5.74, 6) is -4.37. The summed E-state index contributed by atoms with van der Waals surface area (Å²) < 4.78 is 11.1. The number of nitrogens with zero attached hydrogens (tertiary/aromatic N) is 3. The molecule has 13 nitrogen and oxygen atoms in total. The largest absolute Gasteiger partial charge is 0.492 e. The Balaban J connectivity index is 0.00000736. The van der Waals surface area contributed by atoms with E-state index in [0.717, 1.165) is 17.0 Å². The van der Waals surface area contributed by atoms with E-state index in [1.165, 1.54) is 24.3 Å². The average molecular weight is 664 g/mol. The van der Waals surface area contributed by atoms with Crippen LogP contribution in [0.1, 0.15) is 50.2 Å². The SMILES string of the molecule is CC(C)C[C@@H](C(=O)N[C@@H](Cc1ccc(OCCN(C)C)cc1)C(=O)c1ccco1)C(CN1C(=O)N(C)C(C)(C)C1=O)C(=O)NO.Cl. The molecule has 0 aliphatic carbocycles. The molecule has 0 saturated carbocycles. The molecule has 1 aromatic carbocycles. The van der Waals surface area contributed by atoms with Crippen molar-refractivity contribution in [3.63, 3.8) is 0 Å². The number of urea groups is 1. The molecule has 0 bridgehead atoms. The van der Waals surface area contributed by atoms with Gasteiger partial charge < -0.3 is 24.3 Å². The normalized spacial score (nSPS) is 16.2. The van der Waals surface area contributed by atoms with Crippen molar-refractivity contribution in [2.45, 2.75) is 52.1 Å². The fourth-order valence-corrected chi connectivity index (χ4v) is 5.16. The first-order valence-corrected chi connectivity index (χ1v) is 15.0. The van der Waals surface area contributed by atoms with E-state index in [1.807, 2.05) is 32.8 Å². The molecular weight excluding hydrogens is 618 g/mol. The lowest BCUT2D eigenvalue weighted by Crippen LogP contribution is -2.52. The second-order valence-electron chi connectivity index (χ2n) is 12.5. The van der Waals surface area contributed by atoms with Crippen LogP contribution in [0.5, 0.6) is 5.75 Å². The molecule has 14 heteroatoms. The molecule has 1 aromatic heterocycles. The summed E-state index contributed by atoms with van der Waals surface area (Å²) in [7, 11) is 5.38. The third-order valence-corrected chi connectivity index (χ3v) is 8.07. The maximum Gasteiger partial charge on any atom is 0.327 e. The summed E-state index contributed by atoms with van der Waals surface area (Å²) in [6.45, 7) is 7.68. The number of nitrogens with one attached hydrogen (secondary N) is 2. The minimum Gasteiger partial charge on any atom is -0.492 e. The van der Waals surface area contributed by atoms with E-state index in [-0.39, 0.29) is 36.9 Å². The third-order valence-electron chi connectivity index (χ3n) is 8.07. The topological polar surface area (TPSA) is 162 Å². The quantitative estimate of drug-likeness (QED) is 0.106. The second kappa shape index (κ2) is 16.6. The highest BCUT2D eigenvalue weighted by atomic mass is 35.5. The Labute approximate surface area is 276 Å². The van der Waals surface area contributed by atoms with E-state index in [0.29, 0.717) is 12.4 Å². The number of imide groups is 1. The Morgan fingerprint density at radius 2 is 1.70 bits per heavy atom. The number of furan rings is 1. The lowest BCUT2D eigenvalue weighted by Gasteiger charge is -2.30. The molecule has 3 N–H and O–H groups in total. The van der Waals surface area contributed by atoms with Gasteiger partial charge in [0.15, 0.2) is 5.76 Å². The Bertz CT molecular complexity index is 1350. The molecule has 1 saturated heterocycles. The molecule has 2 aromatic rings. The number of rotatable bonds is 16. The second-order valence-corrected chi connectivity index (χ2v) is 12.5. The highest BCUT2D eigenvalue weighted by Crippen LogP contribution is 2.30. The smallest absolute Gasteiger partial charge is 0.327 e. The van der Waals surface area contributed by atoms with Gasteiger partial charge in [-0.15, -0.1) is 12.4 Å². The van der Waals surface area contributed by atoms with Crippen LogP contribution >= 0.6 is 12.4 Å². The lowest BCUT2D eigenvalue weighted by molar-refractivity contribution is -0.143. The van der Waals surface area contributed by atoms with Crippen molar-refractivity contribution in [1.82, 2.24) is 25.5 Å². The summed E-state index contributed by atoms with van der Waals surface area (Å²) in [5.41, 5.74) is 1.18. The molecule has 2 heterocycles. The molecular formula is C32H46ClN5O8. The first-order valence-electron chi connectivity index (χ1n) is 15.0. The maximum atomic E-state index is 14.0. The maximum absolute atomic E-state index is 14.0. The first kappa shape index (κ1) is 38.2. The number of Topliss-reactive ketones (excluding diaryl/α,β-unsaturated/α-hetero) is 1. The predicted octanol–water partition coefficient (Wildman–Crippen LogP) is 3.01. The molecule has 1 fully saturated rings. The summed E-state index contributed by atoms with van der Waals surface area (Å²) in [6.07, 6.45) is 1.63. The van der Waals surface area contributed by atoms with Gasteiger partial charge in [-0.2, -0.15) is 0 Å². The molecule has 5 amide bonds. The first-order chi connectivity index (χ1) is 21.2. The summed E-state index contributed by atoms with van der Waals surface area (Å²) in [5, 5.41) is 12.4. The fraction of sp³-hybridized carbons (Fsp3) is 0.531. The zero-order chi connectivity index (χ0) is 33.5. The number of carbonyl (C=O) groups excluding carboxylic acids is 5. The minimum atomic E-state index is -1.30. The van der Waals surface area contributed by atoms with Crippen molar-refractivity contribution in [2.24, 2.45) is 17.8 Å². The highest BCUT2D eigenvalue weighted by molar-refractivity contribution is 6.07. The average Bonchev–Trinajstić information content (AvgIpc) is 3.58. The fourth-order valence-electron chi connectivity index (χ4n) is 5.16. The summed E-state index contributed by atoms with van der Waals surface area (Å²) in [6, 6.07) is 8.55. The van der Waals surface area contributed by atoms with Gasteiger partial charge in [0, 0.05) is 26.6 Å². The third kappa shape index (κ3) is 9.30. The van der Waals surface area contributed by atoms with E-state index in [1.54, 1.807) is 49.7 Å². The van der Waals surface area contributed by atoms with E-state index < -0.39 is 59.5 Å². The number of hydrogen-bond acceptors (Lipinski definition) is 9. The molecule has 1 unspecified atom stereocenters. The molecule has 1 aliphatic heterocycles. The van der Waals surface area contributed by atoms with Gasteiger partial charge >= 0.3 is 6.03 Å². The number of ether oxygens (including phenoxy) is 1. The molecule has 3 rings (SSSR count). The van der Waals surface area contributed by atoms with Crippen molar-refractivity contribution in [3.8, 4) is 5.75 Å². The number of amides is 5. The van der Waals surface area contributed by atoms with Crippen molar-refractivity contribution in [1.29, 1.82) is 0 Å². The van der Waals surface area contributed by atoms with Crippen LogP contribution in [0.2, 0.25) is 0 Å². The number of hydrogen-bond donors (Lipinski definition) is 3. The number of halogens is 1. The van der Waals surface area contributed by atoms with E-state index in [4.69, 9.17) is 9.15 Å². The van der Waals surface area contributed by atoms with Crippen LogP contribution in [0.25, 0.3) is 0 Å². The van der Waals surface area contributed by atoms with Crippen LogP contribution in [-0.2, 0) is 20.8 Å². The van der Waals surface area contributed by atoms with Crippen LogP contribution in [0.4, 0.5) is 4.79 Å². The van der Waals surface area contributed by atoms with Gasteiger partial charge in [-0.25, -0.2) is 10.3 Å². The van der Waals surface area contributed by atoms with Gasteiger partial charge in [-0.05, 0) is 70.1 Å². The van der Waals surface area contributed by atoms with Crippen LogP contribution in [-0.4, -0.2) is 102 Å². The molecule has 46 heavy (non-hydrogen) atoms. The van der Waals surface area contributed by atoms with Gasteiger partial charge in [-0.1, -0.05) is 26.0 Å². The summed E-state index contributed by atoms with van der Waals surface area (Å²) in [4.78, 5) is 70.8. The zero-order valence-corrected chi connectivity index (χ0v) is 28.3. The van der Waals surface area contributed by atoms with Crippen LogP contribution in [0.3, 0.4) is 0 Å². The van der Waals surface area contributed by atoms with Gasteiger partial charge in [0.1, 0.15) is 17.9 Å². The van der Waals surface area contributed by atoms with E-state index in [2.05, 4.69) is 5.32 Å². The number of ketones is 1. The molecule has 0 spiro atoms. The van der Waals surface area contributed by atoms with Crippen molar-refractivity contribution < 1.29 is 38.3 Å². The van der Waals surface area contributed by atoms with Crippen molar-refractivity contribution in [3.05, 3.63) is 54.0 Å². The Morgan fingerprint density at radius 1 is 1.04 bits per heavy atom. The Morgan fingerprint density at radius 3 is 2.20 bits per heavy atom. The highest BCUT2D eigenvalue weighted by Gasteiger charge is 2.51. The molecule has 254 valence electrons.